The molecule has 2 aromatic heterocycles. The van der Waals surface area contributed by atoms with Crippen molar-refractivity contribution in [2.45, 2.75) is 13.0 Å². The zero-order valence-corrected chi connectivity index (χ0v) is 10.3. The summed E-state index contributed by atoms with van der Waals surface area (Å²) in [5.74, 6) is 1.09. The summed E-state index contributed by atoms with van der Waals surface area (Å²) in [7, 11) is 1.73. The van der Waals surface area contributed by atoms with Crippen molar-refractivity contribution in [3.63, 3.8) is 0 Å². The third-order valence-electron chi connectivity index (χ3n) is 2.61. The largest absolute Gasteiger partial charge is 0.467 e. The minimum Gasteiger partial charge on any atom is -0.467 e. The molecule has 0 aromatic carbocycles. The Kier molecular flexibility index (Phi) is 3.62. The van der Waals surface area contributed by atoms with Gasteiger partial charge < -0.3 is 15.1 Å². The standard InChI is InChI=1S/C13H15N3O2/c1-9(11-6-4-8-18-11)16-13(17)10-5-3-7-15-12(10)14-2/h3-9H,1-2H3,(H,14,15)(H,16,17). The second-order valence-electron chi connectivity index (χ2n) is 3.86. The molecule has 18 heavy (non-hydrogen) atoms. The first-order chi connectivity index (χ1) is 8.72. The van der Waals surface area contributed by atoms with E-state index in [4.69, 9.17) is 4.42 Å². The van der Waals surface area contributed by atoms with Crippen molar-refractivity contribution in [3.05, 3.63) is 48.0 Å². The summed E-state index contributed by atoms with van der Waals surface area (Å²) in [6.07, 6.45) is 3.22. The summed E-state index contributed by atoms with van der Waals surface area (Å²) < 4.78 is 5.24. The van der Waals surface area contributed by atoms with E-state index in [-0.39, 0.29) is 11.9 Å². The maximum atomic E-state index is 12.1. The highest BCUT2D eigenvalue weighted by Crippen LogP contribution is 2.15. The zero-order valence-electron chi connectivity index (χ0n) is 10.3. The summed E-state index contributed by atoms with van der Waals surface area (Å²) in [5, 5.41) is 5.75. The third-order valence-corrected chi connectivity index (χ3v) is 2.61. The molecule has 5 heteroatoms. The van der Waals surface area contributed by atoms with E-state index in [1.165, 1.54) is 0 Å². The molecule has 1 amide bonds. The molecule has 0 saturated carbocycles. The highest BCUT2D eigenvalue weighted by Gasteiger charge is 2.16. The molecule has 0 aliphatic rings. The molecule has 0 aliphatic heterocycles. The summed E-state index contributed by atoms with van der Waals surface area (Å²) >= 11 is 0. The Morgan fingerprint density at radius 1 is 1.39 bits per heavy atom. The van der Waals surface area contributed by atoms with Crippen LogP contribution in [0, 0.1) is 0 Å². The van der Waals surface area contributed by atoms with Crippen molar-refractivity contribution in [3.8, 4) is 0 Å². The lowest BCUT2D eigenvalue weighted by atomic mass is 10.2. The number of aromatic nitrogens is 1. The number of carbonyl (C=O) groups is 1. The van der Waals surface area contributed by atoms with Gasteiger partial charge in [0.1, 0.15) is 11.6 Å². The average Bonchev–Trinajstić information content (AvgIpc) is 2.92. The smallest absolute Gasteiger partial charge is 0.255 e. The van der Waals surface area contributed by atoms with Crippen LogP contribution in [0.3, 0.4) is 0 Å². The lowest BCUT2D eigenvalue weighted by Crippen LogP contribution is -2.27. The van der Waals surface area contributed by atoms with Gasteiger partial charge in [-0.3, -0.25) is 4.79 Å². The fourth-order valence-corrected chi connectivity index (χ4v) is 1.67. The maximum absolute atomic E-state index is 12.1. The third kappa shape index (κ3) is 2.51. The Balaban J connectivity index is 2.12. The monoisotopic (exact) mass is 245 g/mol. The number of hydrogen-bond acceptors (Lipinski definition) is 4. The van der Waals surface area contributed by atoms with Crippen LogP contribution >= 0.6 is 0 Å². The Labute approximate surface area is 105 Å². The molecule has 0 aliphatic carbocycles. The molecule has 1 atom stereocenters. The Hall–Kier alpha value is -2.30. The van der Waals surface area contributed by atoms with Gasteiger partial charge in [-0.2, -0.15) is 0 Å². The van der Waals surface area contributed by atoms with E-state index in [9.17, 15) is 4.79 Å². The molecule has 0 fully saturated rings. The minimum absolute atomic E-state index is 0.183. The van der Waals surface area contributed by atoms with Gasteiger partial charge in [0.25, 0.3) is 5.91 Å². The van der Waals surface area contributed by atoms with E-state index < -0.39 is 0 Å². The molecular formula is C13H15N3O2. The van der Waals surface area contributed by atoms with Crippen LogP contribution in [0.5, 0.6) is 0 Å². The quantitative estimate of drug-likeness (QED) is 0.866. The zero-order chi connectivity index (χ0) is 13.0. The second-order valence-corrected chi connectivity index (χ2v) is 3.86. The van der Waals surface area contributed by atoms with Gasteiger partial charge in [-0.05, 0) is 31.2 Å². The Morgan fingerprint density at radius 2 is 2.22 bits per heavy atom. The maximum Gasteiger partial charge on any atom is 0.255 e. The fraction of sp³-hybridized carbons (Fsp3) is 0.231. The van der Waals surface area contributed by atoms with Gasteiger partial charge in [0.2, 0.25) is 0 Å². The highest BCUT2D eigenvalue weighted by molar-refractivity contribution is 5.98. The molecule has 2 aromatic rings. The van der Waals surface area contributed by atoms with Crippen LogP contribution in [0.25, 0.3) is 0 Å². The average molecular weight is 245 g/mol. The van der Waals surface area contributed by atoms with Crippen molar-refractivity contribution in [1.29, 1.82) is 0 Å². The minimum atomic E-state index is -0.184. The molecule has 2 heterocycles. The SMILES string of the molecule is CNc1ncccc1C(=O)NC(C)c1ccco1. The van der Waals surface area contributed by atoms with Crippen molar-refractivity contribution >= 4 is 11.7 Å². The fourth-order valence-electron chi connectivity index (χ4n) is 1.67. The van der Waals surface area contributed by atoms with Gasteiger partial charge in [-0.25, -0.2) is 4.98 Å². The van der Waals surface area contributed by atoms with Crippen molar-refractivity contribution in [2.24, 2.45) is 0 Å². The van der Waals surface area contributed by atoms with E-state index in [0.29, 0.717) is 11.4 Å². The number of amides is 1. The van der Waals surface area contributed by atoms with E-state index in [0.717, 1.165) is 5.76 Å². The molecule has 0 radical (unpaired) electrons. The van der Waals surface area contributed by atoms with E-state index >= 15 is 0 Å². The first-order valence-electron chi connectivity index (χ1n) is 5.69. The summed E-state index contributed by atoms with van der Waals surface area (Å²) in [6.45, 7) is 1.87. The lowest BCUT2D eigenvalue weighted by Gasteiger charge is -2.13. The number of anilines is 1. The normalized spacial score (nSPS) is 11.9. The van der Waals surface area contributed by atoms with E-state index in [1.807, 2.05) is 13.0 Å². The van der Waals surface area contributed by atoms with Gasteiger partial charge in [0, 0.05) is 13.2 Å². The van der Waals surface area contributed by atoms with Crippen LogP contribution in [0.1, 0.15) is 29.1 Å². The number of furan rings is 1. The molecular weight excluding hydrogens is 230 g/mol. The molecule has 2 N–H and O–H groups in total. The topological polar surface area (TPSA) is 67.2 Å². The molecule has 1 unspecified atom stereocenters. The number of pyridine rings is 1. The van der Waals surface area contributed by atoms with Crippen molar-refractivity contribution in [2.75, 3.05) is 12.4 Å². The summed E-state index contributed by atoms with van der Waals surface area (Å²) in [6, 6.07) is 6.89. The van der Waals surface area contributed by atoms with Gasteiger partial charge >= 0.3 is 0 Å². The number of rotatable bonds is 4. The second kappa shape index (κ2) is 5.35. The van der Waals surface area contributed by atoms with E-state index in [2.05, 4.69) is 15.6 Å². The molecule has 2 rings (SSSR count). The van der Waals surface area contributed by atoms with Gasteiger partial charge in [0.05, 0.1) is 17.9 Å². The van der Waals surface area contributed by atoms with Gasteiger partial charge in [-0.15, -0.1) is 0 Å². The Morgan fingerprint density at radius 3 is 2.89 bits per heavy atom. The summed E-state index contributed by atoms with van der Waals surface area (Å²) in [5.41, 5.74) is 0.512. The number of nitrogens with one attached hydrogen (secondary N) is 2. The van der Waals surface area contributed by atoms with Crippen LogP contribution in [-0.4, -0.2) is 17.9 Å². The van der Waals surface area contributed by atoms with E-state index in [1.54, 1.807) is 37.7 Å². The predicted molar refractivity (Wildman–Crippen MR) is 68.4 cm³/mol. The number of hydrogen-bond donors (Lipinski definition) is 2. The van der Waals surface area contributed by atoms with Crippen LogP contribution in [-0.2, 0) is 0 Å². The molecule has 94 valence electrons. The lowest BCUT2D eigenvalue weighted by molar-refractivity contribution is 0.0936. The first-order valence-corrected chi connectivity index (χ1v) is 5.69. The van der Waals surface area contributed by atoms with Gasteiger partial charge in [0.15, 0.2) is 0 Å². The summed E-state index contributed by atoms with van der Waals surface area (Å²) in [4.78, 5) is 16.2. The molecule has 0 spiro atoms. The number of nitrogens with zero attached hydrogens (tertiary/aromatic N) is 1. The first kappa shape index (κ1) is 12.2. The van der Waals surface area contributed by atoms with Crippen molar-refractivity contribution in [1.82, 2.24) is 10.3 Å². The van der Waals surface area contributed by atoms with Crippen LogP contribution < -0.4 is 10.6 Å². The molecule has 5 nitrogen and oxygen atoms in total. The van der Waals surface area contributed by atoms with Crippen molar-refractivity contribution < 1.29 is 9.21 Å². The molecule has 0 saturated heterocycles. The molecule has 0 bridgehead atoms. The van der Waals surface area contributed by atoms with Crippen LogP contribution in [0.4, 0.5) is 5.82 Å². The Bertz CT molecular complexity index is 523. The van der Waals surface area contributed by atoms with Gasteiger partial charge in [-0.1, -0.05) is 0 Å². The van der Waals surface area contributed by atoms with Crippen LogP contribution in [0.2, 0.25) is 0 Å². The highest BCUT2D eigenvalue weighted by atomic mass is 16.3. The van der Waals surface area contributed by atoms with Crippen LogP contribution in [0.15, 0.2) is 41.1 Å². The number of carbonyl (C=O) groups excluding carboxylic acids is 1. The predicted octanol–water partition coefficient (Wildman–Crippen LogP) is 2.21.